The molecule has 0 spiro atoms. The monoisotopic (exact) mass is 416 g/mol. The van der Waals surface area contributed by atoms with Gasteiger partial charge < -0.3 is 15.0 Å². The molecule has 1 N–H and O–H groups in total. The predicted molar refractivity (Wildman–Crippen MR) is 122 cm³/mol. The standard InChI is InChI=1S/C25H28N4O2/c1-18(19-7-4-3-5-8-19)26-25(30)21-9-6-16-29(17-21)24-15-14-23(27-28-24)20-10-12-22(31-2)13-11-20/h3-5,7-8,10-15,18,21H,6,9,16-17H2,1-2H3,(H,26,30). The molecule has 6 heteroatoms. The van der Waals surface area contributed by atoms with Gasteiger partial charge in [-0.05, 0) is 61.7 Å². The van der Waals surface area contributed by atoms with Crippen molar-refractivity contribution < 1.29 is 9.53 Å². The van der Waals surface area contributed by atoms with E-state index in [4.69, 9.17) is 4.74 Å². The van der Waals surface area contributed by atoms with Gasteiger partial charge in [0.2, 0.25) is 5.91 Å². The Balaban J connectivity index is 1.39. The number of piperidine rings is 1. The molecule has 0 bridgehead atoms. The van der Waals surface area contributed by atoms with Gasteiger partial charge in [0.05, 0.1) is 24.8 Å². The van der Waals surface area contributed by atoms with Crippen molar-refractivity contribution in [1.82, 2.24) is 15.5 Å². The lowest BCUT2D eigenvalue weighted by Gasteiger charge is -2.33. The summed E-state index contributed by atoms with van der Waals surface area (Å²) in [5.74, 6) is 1.67. The number of hydrogen-bond acceptors (Lipinski definition) is 5. The summed E-state index contributed by atoms with van der Waals surface area (Å²) in [6.45, 7) is 3.57. The van der Waals surface area contributed by atoms with E-state index in [0.717, 1.165) is 47.8 Å². The zero-order valence-electron chi connectivity index (χ0n) is 18.0. The Kier molecular flexibility index (Phi) is 6.46. The third-order valence-corrected chi connectivity index (χ3v) is 5.81. The van der Waals surface area contributed by atoms with Crippen LogP contribution in [0.5, 0.6) is 5.75 Å². The van der Waals surface area contributed by atoms with Crippen LogP contribution in [-0.4, -0.2) is 36.3 Å². The Morgan fingerprint density at radius 3 is 2.52 bits per heavy atom. The quantitative estimate of drug-likeness (QED) is 0.651. The number of carbonyl (C=O) groups is 1. The van der Waals surface area contributed by atoms with E-state index in [1.54, 1.807) is 7.11 Å². The SMILES string of the molecule is COc1ccc(-c2ccc(N3CCCC(C(=O)NC(C)c4ccccc4)C3)nn2)cc1. The molecule has 1 fully saturated rings. The molecule has 2 atom stereocenters. The molecule has 3 aromatic rings. The average Bonchev–Trinajstić information content (AvgIpc) is 2.85. The van der Waals surface area contributed by atoms with Gasteiger partial charge in [0.25, 0.3) is 0 Å². The summed E-state index contributed by atoms with van der Waals surface area (Å²) in [6.07, 6.45) is 1.85. The van der Waals surface area contributed by atoms with Crippen molar-refractivity contribution in [3.63, 3.8) is 0 Å². The Labute approximate surface area is 183 Å². The molecule has 1 aromatic heterocycles. The average molecular weight is 417 g/mol. The van der Waals surface area contributed by atoms with Gasteiger partial charge >= 0.3 is 0 Å². The summed E-state index contributed by atoms with van der Waals surface area (Å²) in [5, 5.41) is 12.0. The normalized spacial score (nSPS) is 17.1. The first kappa shape index (κ1) is 20.8. The molecule has 1 aliphatic rings. The summed E-state index contributed by atoms with van der Waals surface area (Å²) in [5.41, 5.74) is 2.92. The number of amides is 1. The van der Waals surface area contributed by atoms with Gasteiger partial charge in [0.1, 0.15) is 5.75 Å². The molecule has 2 unspecified atom stereocenters. The van der Waals surface area contributed by atoms with Crippen LogP contribution in [0.25, 0.3) is 11.3 Å². The number of nitrogens with zero attached hydrogens (tertiary/aromatic N) is 3. The van der Waals surface area contributed by atoms with E-state index in [2.05, 4.69) is 20.4 Å². The Morgan fingerprint density at radius 1 is 1.06 bits per heavy atom. The first-order chi connectivity index (χ1) is 15.1. The summed E-state index contributed by atoms with van der Waals surface area (Å²) in [4.78, 5) is 15.0. The Morgan fingerprint density at radius 2 is 1.84 bits per heavy atom. The second kappa shape index (κ2) is 9.60. The Bertz CT molecular complexity index is 990. The summed E-state index contributed by atoms with van der Waals surface area (Å²) in [6, 6.07) is 21.8. The summed E-state index contributed by atoms with van der Waals surface area (Å²) in [7, 11) is 1.65. The van der Waals surface area contributed by atoms with Crippen LogP contribution in [0.15, 0.2) is 66.7 Å². The van der Waals surface area contributed by atoms with Gasteiger partial charge in [0, 0.05) is 18.7 Å². The number of hydrogen-bond donors (Lipinski definition) is 1. The molecule has 0 radical (unpaired) electrons. The summed E-state index contributed by atoms with van der Waals surface area (Å²) >= 11 is 0. The van der Waals surface area contributed by atoms with Crippen molar-refractivity contribution in [2.24, 2.45) is 5.92 Å². The molecule has 1 amide bonds. The highest BCUT2D eigenvalue weighted by atomic mass is 16.5. The third-order valence-electron chi connectivity index (χ3n) is 5.81. The maximum Gasteiger partial charge on any atom is 0.225 e. The van der Waals surface area contributed by atoms with E-state index in [9.17, 15) is 4.79 Å². The van der Waals surface area contributed by atoms with Gasteiger partial charge in [-0.2, -0.15) is 0 Å². The number of ether oxygens (including phenoxy) is 1. The molecule has 31 heavy (non-hydrogen) atoms. The minimum absolute atomic E-state index is 0.00681. The van der Waals surface area contributed by atoms with Crippen LogP contribution in [0, 0.1) is 5.92 Å². The lowest BCUT2D eigenvalue weighted by molar-refractivity contribution is -0.125. The number of carbonyl (C=O) groups excluding carboxylic acids is 1. The van der Waals surface area contributed by atoms with Gasteiger partial charge in [0.15, 0.2) is 5.82 Å². The molecule has 4 rings (SSSR count). The minimum atomic E-state index is -0.0528. The largest absolute Gasteiger partial charge is 0.497 e. The summed E-state index contributed by atoms with van der Waals surface area (Å²) < 4.78 is 5.21. The second-order valence-corrected chi connectivity index (χ2v) is 7.93. The zero-order chi connectivity index (χ0) is 21.6. The fourth-order valence-corrected chi connectivity index (χ4v) is 3.97. The third kappa shape index (κ3) is 5.02. The van der Waals surface area contributed by atoms with E-state index >= 15 is 0 Å². The van der Waals surface area contributed by atoms with E-state index in [-0.39, 0.29) is 17.9 Å². The lowest BCUT2D eigenvalue weighted by Crippen LogP contribution is -2.44. The van der Waals surface area contributed by atoms with Crippen molar-refractivity contribution in [3.05, 3.63) is 72.3 Å². The number of methoxy groups -OCH3 is 1. The maximum atomic E-state index is 12.9. The molecule has 160 valence electrons. The van der Waals surface area contributed by atoms with Crippen LogP contribution < -0.4 is 15.0 Å². The van der Waals surface area contributed by atoms with Crippen molar-refractivity contribution >= 4 is 11.7 Å². The van der Waals surface area contributed by atoms with Crippen LogP contribution in [-0.2, 0) is 4.79 Å². The molecular formula is C25H28N4O2. The first-order valence-corrected chi connectivity index (χ1v) is 10.7. The Hall–Kier alpha value is -3.41. The van der Waals surface area contributed by atoms with Crippen LogP contribution in [0.1, 0.15) is 31.4 Å². The highest BCUT2D eigenvalue weighted by Gasteiger charge is 2.27. The van der Waals surface area contributed by atoms with Crippen LogP contribution in [0.4, 0.5) is 5.82 Å². The smallest absolute Gasteiger partial charge is 0.225 e. The first-order valence-electron chi connectivity index (χ1n) is 10.7. The number of benzene rings is 2. The van der Waals surface area contributed by atoms with E-state index < -0.39 is 0 Å². The molecule has 0 saturated carbocycles. The van der Waals surface area contributed by atoms with Gasteiger partial charge in [-0.3, -0.25) is 4.79 Å². The zero-order valence-corrected chi connectivity index (χ0v) is 18.0. The molecular weight excluding hydrogens is 388 g/mol. The van der Waals surface area contributed by atoms with Gasteiger partial charge in [-0.15, -0.1) is 10.2 Å². The van der Waals surface area contributed by atoms with Crippen molar-refractivity contribution in [2.75, 3.05) is 25.1 Å². The number of anilines is 1. The number of aromatic nitrogens is 2. The molecule has 1 saturated heterocycles. The fourth-order valence-electron chi connectivity index (χ4n) is 3.97. The number of rotatable bonds is 6. The predicted octanol–water partition coefficient (Wildman–Crippen LogP) is 4.25. The molecule has 6 nitrogen and oxygen atoms in total. The van der Waals surface area contributed by atoms with Gasteiger partial charge in [-0.1, -0.05) is 30.3 Å². The van der Waals surface area contributed by atoms with E-state index in [1.807, 2.05) is 73.7 Å². The minimum Gasteiger partial charge on any atom is -0.497 e. The molecule has 1 aliphatic heterocycles. The van der Waals surface area contributed by atoms with Crippen molar-refractivity contribution in [2.45, 2.75) is 25.8 Å². The van der Waals surface area contributed by atoms with Gasteiger partial charge in [-0.25, -0.2) is 0 Å². The fraction of sp³-hybridized carbons (Fsp3) is 0.320. The second-order valence-electron chi connectivity index (χ2n) is 7.93. The van der Waals surface area contributed by atoms with E-state index in [0.29, 0.717) is 6.54 Å². The van der Waals surface area contributed by atoms with Crippen LogP contribution in [0.2, 0.25) is 0 Å². The van der Waals surface area contributed by atoms with E-state index in [1.165, 1.54) is 0 Å². The molecule has 0 aliphatic carbocycles. The van der Waals surface area contributed by atoms with Crippen LogP contribution >= 0.6 is 0 Å². The maximum absolute atomic E-state index is 12.9. The topological polar surface area (TPSA) is 67.3 Å². The lowest BCUT2D eigenvalue weighted by atomic mass is 9.96. The molecule has 2 aromatic carbocycles. The van der Waals surface area contributed by atoms with Crippen molar-refractivity contribution in [3.8, 4) is 17.0 Å². The molecule has 2 heterocycles. The van der Waals surface area contributed by atoms with Crippen molar-refractivity contribution in [1.29, 1.82) is 0 Å². The van der Waals surface area contributed by atoms with Crippen LogP contribution in [0.3, 0.4) is 0 Å². The highest BCUT2D eigenvalue weighted by molar-refractivity contribution is 5.80. The highest BCUT2D eigenvalue weighted by Crippen LogP contribution is 2.25. The number of nitrogens with one attached hydrogen (secondary N) is 1.